The van der Waals surface area contributed by atoms with E-state index in [-0.39, 0.29) is 24.3 Å². The molecule has 0 radical (unpaired) electrons. The molecule has 2 rings (SSSR count). The van der Waals surface area contributed by atoms with Crippen molar-refractivity contribution in [3.05, 3.63) is 33.8 Å². The molecule has 0 aliphatic carbocycles. The highest BCUT2D eigenvalue weighted by atomic mass is 79.9. The number of esters is 1. The molecule has 1 aromatic rings. The normalized spacial score (nSPS) is 17.3. The summed E-state index contributed by atoms with van der Waals surface area (Å²) in [7, 11) is 0. The third-order valence-electron chi connectivity index (χ3n) is 3.47. The third-order valence-corrected chi connectivity index (χ3v) is 3.96. The van der Waals surface area contributed by atoms with Crippen LogP contribution in [0.1, 0.15) is 49.2 Å². The summed E-state index contributed by atoms with van der Waals surface area (Å²) in [6, 6.07) is 5.38. The molecule has 0 saturated carbocycles. The summed E-state index contributed by atoms with van der Waals surface area (Å²) in [5.74, 6) is 0.0776. The maximum Gasteiger partial charge on any atom is 0.308 e. The summed E-state index contributed by atoms with van der Waals surface area (Å²) < 4.78 is 5.96. The van der Waals surface area contributed by atoms with Crippen molar-refractivity contribution in [2.45, 2.75) is 33.2 Å². The van der Waals surface area contributed by atoms with E-state index in [4.69, 9.17) is 4.74 Å². The Bertz CT molecular complexity index is 556. The monoisotopic (exact) mass is 353 g/mol. The first-order valence-electron chi connectivity index (χ1n) is 7.20. The Balaban J connectivity index is 2.34. The quantitative estimate of drug-likeness (QED) is 0.760. The molecule has 0 N–H and O–H groups in total. The van der Waals surface area contributed by atoms with E-state index < -0.39 is 0 Å². The molecule has 1 aliphatic heterocycles. The van der Waals surface area contributed by atoms with Gasteiger partial charge in [0, 0.05) is 16.6 Å². The number of halogens is 1. The van der Waals surface area contributed by atoms with E-state index in [0.717, 1.165) is 10.0 Å². The number of amides is 1. The van der Waals surface area contributed by atoms with Crippen LogP contribution < -0.4 is 0 Å². The maximum absolute atomic E-state index is 12.6. The molecule has 1 aliphatic rings. The van der Waals surface area contributed by atoms with Gasteiger partial charge in [-0.15, -0.1) is 0 Å². The number of hydrogen-bond donors (Lipinski definition) is 0. The first-order chi connectivity index (χ1) is 9.93. The van der Waals surface area contributed by atoms with Gasteiger partial charge in [-0.25, -0.2) is 0 Å². The second-order valence-electron chi connectivity index (χ2n) is 5.61. The molecule has 21 heavy (non-hydrogen) atoms. The van der Waals surface area contributed by atoms with Crippen LogP contribution in [0.15, 0.2) is 22.7 Å². The van der Waals surface area contributed by atoms with Gasteiger partial charge in [0.1, 0.15) is 0 Å². The lowest BCUT2D eigenvalue weighted by molar-refractivity contribution is -0.144. The van der Waals surface area contributed by atoms with E-state index in [0.29, 0.717) is 24.6 Å². The summed E-state index contributed by atoms with van der Waals surface area (Å²) in [6.07, 6.45) is 0.204. The molecule has 1 unspecified atom stereocenters. The van der Waals surface area contributed by atoms with Crippen LogP contribution in [0.2, 0.25) is 0 Å². The minimum Gasteiger partial charge on any atom is -0.466 e. The Kier molecular flexibility index (Phi) is 5.04. The maximum atomic E-state index is 12.6. The molecule has 4 nitrogen and oxygen atoms in total. The molecule has 0 saturated heterocycles. The molecule has 1 heterocycles. The smallest absolute Gasteiger partial charge is 0.308 e. The van der Waals surface area contributed by atoms with Crippen LogP contribution in [-0.2, 0) is 9.53 Å². The highest BCUT2D eigenvalue weighted by Crippen LogP contribution is 2.38. The Morgan fingerprint density at radius 2 is 2.14 bits per heavy atom. The predicted octanol–water partition coefficient (Wildman–Crippen LogP) is 3.56. The van der Waals surface area contributed by atoms with Crippen LogP contribution >= 0.6 is 15.9 Å². The van der Waals surface area contributed by atoms with Crippen LogP contribution in [0.25, 0.3) is 0 Å². The van der Waals surface area contributed by atoms with Gasteiger partial charge in [0.15, 0.2) is 0 Å². The van der Waals surface area contributed by atoms with Crippen LogP contribution in [-0.4, -0.2) is 29.9 Å². The van der Waals surface area contributed by atoms with Crippen molar-refractivity contribution in [2.75, 3.05) is 13.2 Å². The van der Waals surface area contributed by atoms with Gasteiger partial charge in [-0.05, 0) is 36.6 Å². The van der Waals surface area contributed by atoms with Crippen LogP contribution in [0.4, 0.5) is 0 Å². The first-order valence-corrected chi connectivity index (χ1v) is 7.99. The van der Waals surface area contributed by atoms with Crippen LogP contribution in [0, 0.1) is 5.92 Å². The molecule has 0 bridgehead atoms. The Labute approximate surface area is 133 Å². The first kappa shape index (κ1) is 16.0. The highest BCUT2D eigenvalue weighted by molar-refractivity contribution is 9.10. The second kappa shape index (κ2) is 6.60. The van der Waals surface area contributed by atoms with Crippen molar-refractivity contribution in [2.24, 2.45) is 5.92 Å². The lowest BCUT2D eigenvalue weighted by atomic mass is 10.0. The van der Waals surface area contributed by atoms with Gasteiger partial charge in [-0.3, -0.25) is 9.59 Å². The fourth-order valence-electron chi connectivity index (χ4n) is 2.67. The number of nitrogens with zero attached hydrogens (tertiary/aromatic N) is 1. The fourth-order valence-corrected chi connectivity index (χ4v) is 3.05. The van der Waals surface area contributed by atoms with Gasteiger partial charge >= 0.3 is 5.97 Å². The SMILES string of the molecule is CCOC(=O)CC1c2cc(Br)ccc2C(=O)N1CC(C)C. The van der Waals surface area contributed by atoms with Gasteiger partial charge in [0.05, 0.1) is 19.1 Å². The van der Waals surface area contributed by atoms with Gasteiger partial charge in [0.2, 0.25) is 0 Å². The topological polar surface area (TPSA) is 46.6 Å². The molecule has 1 amide bonds. The Hall–Kier alpha value is -1.36. The van der Waals surface area contributed by atoms with Crippen molar-refractivity contribution >= 4 is 27.8 Å². The minimum atomic E-state index is -0.267. The van der Waals surface area contributed by atoms with Crippen LogP contribution in [0.5, 0.6) is 0 Å². The molecule has 0 fully saturated rings. The number of carbonyl (C=O) groups is 2. The summed E-state index contributed by atoms with van der Waals surface area (Å²) in [5.41, 5.74) is 1.59. The zero-order valence-corrected chi connectivity index (χ0v) is 14.1. The molecular formula is C16H20BrNO3. The lowest BCUT2D eigenvalue weighted by Crippen LogP contribution is -2.33. The van der Waals surface area contributed by atoms with E-state index in [1.54, 1.807) is 11.8 Å². The largest absolute Gasteiger partial charge is 0.466 e. The van der Waals surface area contributed by atoms with Gasteiger partial charge in [-0.1, -0.05) is 29.8 Å². The van der Waals surface area contributed by atoms with E-state index in [1.807, 2.05) is 18.2 Å². The van der Waals surface area contributed by atoms with Gasteiger partial charge in [0.25, 0.3) is 5.91 Å². The standard InChI is InChI=1S/C16H20BrNO3/c1-4-21-15(19)8-14-13-7-11(17)5-6-12(13)16(20)18(14)9-10(2)3/h5-7,10,14H,4,8-9H2,1-3H3. The van der Waals surface area contributed by atoms with Crippen molar-refractivity contribution < 1.29 is 14.3 Å². The summed E-state index contributed by atoms with van der Waals surface area (Å²) in [4.78, 5) is 26.2. The summed E-state index contributed by atoms with van der Waals surface area (Å²) in [6.45, 7) is 6.90. The molecule has 1 atom stereocenters. The van der Waals surface area contributed by atoms with Crippen molar-refractivity contribution in [3.8, 4) is 0 Å². The average Bonchev–Trinajstić information content (AvgIpc) is 2.64. The van der Waals surface area contributed by atoms with E-state index >= 15 is 0 Å². The van der Waals surface area contributed by atoms with Crippen molar-refractivity contribution in [3.63, 3.8) is 0 Å². The number of hydrogen-bond acceptors (Lipinski definition) is 3. The zero-order chi connectivity index (χ0) is 15.6. The summed E-state index contributed by atoms with van der Waals surface area (Å²) >= 11 is 3.43. The van der Waals surface area contributed by atoms with Gasteiger partial charge < -0.3 is 9.64 Å². The summed E-state index contributed by atoms with van der Waals surface area (Å²) in [5, 5.41) is 0. The van der Waals surface area contributed by atoms with E-state index in [2.05, 4.69) is 29.8 Å². The molecule has 1 aromatic carbocycles. The van der Waals surface area contributed by atoms with Crippen molar-refractivity contribution in [1.29, 1.82) is 0 Å². The molecule has 0 aromatic heterocycles. The Morgan fingerprint density at radius 1 is 1.43 bits per heavy atom. The van der Waals surface area contributed by atoms with Crippen LogP contribution in [0.3, 0.4) is 0 Å². The van der Waals surface area contributed by atoms with Crippen molar-refractivity contribution in [1.82, 2.24) is 4.90 Å². The highest BCUT2D eigenvalue weighted by Gasteiger charge is 2.38. The number of ether oxygens (including phenoxy) is 1. The average molecular weight is 354 g/mol. The molecular weight excluding hydrogens is 334 g/mol. The Morgan fingerprint density at radius 3 is 2.76 bits per heavy atom. The zero-order valence-electron chi connectivity index (χ0n) is 12.6. The minimum absolute atomic E-state index is 0.000462. The fraction of sp³-hybridized carbons (Fsp3) is 0.500. The molecule has 5 heteroatoms. The van der Waals surface area contributed by atoms with E-state index in [1.165, 1.54) is 0 Å². The third kappa shape index (κ3) is 3.46. The number of benzene rings is 1. The van der Waals surface area contributed by atoms with E-state index in [9.17, 15) is 9.59 Å². The molecule has 114 valence electrons. The molecule has 0 spiro atoms. The predicted molar refractivity (Wildman–Crippen MR) is 84.0 cm³/mol. The van der Waals surface area contributed by atoms with Gasteiger partial charge in [-0.2, -0.15) is 0 Å². The lowest BCUT2D eigenvalue weighted by Gasteiger charge is -2.26. The number of carbonyl (C=O) groups excluding carboxylic acids is 2. The number of rotatable bonds is 5. The second-order valence-corrected chi connectivity index (χ2v) is 6.52. The number of fused-ring (bicyclic) bond motifs is 1.